The molecule has 1 saturated heterocycles. The Morgan fingerprint density at radius 3 is 2.61 bits per heavy atom. The molecule has 2 heterocycles. The van der Waals surface area contributed by atoms with Crippen molar-refractivity contribution in [1.29, 1.82) is 0 Å². The van der Waals surface area contributed by atoms with Gasteiger partial charge in [-0.25, -0.2) is 4.98 Å². The number of para-hydroxylation sites is 1. The van der Waals surface area contributed by atoms with Gasteiger partial charge in [0.2, 0.25) is 0 Å². The number of anilines is 1. The fourth-order valence-electron chi connectivity index (χ4n) is 3.00. The van der Waals surface area contributed by atoms with Crippen LogP contribution in [0, 0.1) is 0 Å². The molecule has 0 radical (unpaired) electrons. The molecule has 0 unspecified atom stereocenters. The Labute approximate surface area is 188 Å². The normalized spacial score (nSPS) is 14.7. The summed E-state index contributed by atoms with van der Waals surface area (Å²) >= 11 is 1.69. The van der Waals surface area contributed by atoms with Gasteiger partial charge in [0.05, 0.1) is 25.5 Å². The number of nitrogens with one attached hydrogen (secondary N) is 2. The second-order valence-electron chi connectivity index (χ2n) is 6.83. The van der Waals surface area contributed by atoms with Crippen LogP contribution in [0.5, 0.6) is 0 Å². The maximum atomic E-state index is 5.48. The molecule has 28 heavy (non-hydrogen) atoms. The summed E-state index contributed by atoms with van der Waals surface area (Å²) in [5.41, 5.74) is 3.68. The predicted octanol–water partition coefficient (Wildman–Crippen LogP) is 3.59. The zero-order chi connectivity index (χ0) is 19.1. The molecule has 0 aliphatic carbocycles. The molecule has 0 atom stereocenters. The van der Waals surface area contributed by atoms with Crippen LogP contribution in [-0.2, 0) is 17.8 Å². The van der Waals surface area contributed by atoms with E-state index in [1.807, 2.05) is 0 Å². The molecule has 2 aromatic rings. The average Bonchev–Trinajstić information content (AvgIpc) is 3.18. The second kappa shape index (κ2) is 11.6. The molecule has 0 amide bonds. The van der Waals surface area contributed by atoms with Gasteiger partial charge in [-0.3, -0.25) is 4.99 Å². The van der Waals surface area contributed by atoms with Gasteiger partial charge in [-0.2, -0.15) is 0 Å². The van der Waals surface area contributed by atoms with Gasteiger partial charge in [0, 0.05) is 37.7 Å². The van der Waals surface area contributed by atoms with Crippen LogP contribution in [0.4, 0.5) is 5.69 Å². The second-order valence-corrected chi connectivity index (χ2v) is 7.77. The minimum atomic E-state index is 0. The van der Waals surface area contributed by atoms with E-state index in [1.54, 1.807) is 18.4 Å². The summed E-state index contributed by atoms with van der Waals surface area (Å²) in [5, 5.41) is 10.00. The molecule has 8 heteroatoms. The lowest BCUT2D eigenvalue weighted by atomic mass is 10.1. The van der Waals surface area contributed by atoms with E-state index in [2.05, 4.69) is 69.0 Å². The number of guanidine groups is 1. The minimum Gasteiger partial charge on any atom is -0.378 e. The highest BCUT2D eigenvalue weighted by molar-refractivity contribution is 14.0. The Kier molecular flexibility index (Phi) is 9.46. The number of hydrogen-bond acceptors (Lipinski definition) is 5. The standard InChI is InChI=1S/C20H29N5OS.HI/c1-15(2)17-14-27-19(24-17)13-23-20(21-3)22-12-16-6-4-5-7-18(16)25-8-10-26-11-9-25;/h4-7,14-15H,8-13H2,1-3H3,(H2,21,22,23);1H. The molecule has 1 aliphatic rings. The summed E-state index contributed by atoms with van der Waals surface area (Å²) in [7, 11) is 1.80. The zero-order valence-corrected chi connectivity index (χ0v) is 19.9. The molecule has 1 fully saturated rings. The van der Waals surface area contributed by atoms with Crippen LogP contribution in [0.3, 0.4) is 0 Å². The van der Waals surface area contributed by atoms with E-state index in [0.29, 0.717) is 12.5 Å². The summed E-state index contributed by atoms with van der Waals surface area (Å²) < 4.78 is 5.48. The van der Waals surface area contributed by atoms with Crippen molar-refractivity contribution in [2.75, 3.05) is 38.3 Å². The van der Waals surface area contributed by atoms with E-state index in [9.17, 15) is 0 Å². The van der Waals surface area contributed by atoms with Crippen LogP contribution in [0.15, 0.2) is 34.6 Å². The number of hydrogen-bond donors (Lipinski definition) is 2. The predicted molar refractivity (Wildman–Crippen MR) is 128 cm³/mol. The lowest BCUT2D eigenvalue weighted by Crippen LogP contribution is -2.38. The van der Waals surface area contributed by atoms with E-state index in [1.165, 1.54) is 11.3 Å². The maximum Gasteiger partial charge on any atom is 0.191 e. The van der Waals surface area contributed by atoms with E-state index in [0.717, 1.165) is 49.5 Å². The third kappa shape index (κ3) is 6.31. The van der Waals surface area contributed by atoms with E-state index < -0.39 is 0 Å². The molecular weight excluding hydrogens is 485 g/mol. The Hall–Kier alpha value is -1.39. The fourth-order valence-corrected chi connectivity index (χ4v) is 3.90. The van der Waals surface area contributed by atoms with Gasteiger partial charge in [-0.1, -0.05) is 32.0 Å². The number of thiazole rings is 1. The number of halogens is 1. The third-order valence-corrected chi connectivity index (χ3v) is 5.45. The summed E-state index contributed by atoms with van der Waals surface area (Å²) in [6.07, 6.45) is 0. The van der Waals surface area contributed by atoms with Crippen molar-refractivity contribution < 1.29 is 4.74 Å². The van der Waals surface area contributed by atoms with E-state index in [4.69, 9.17) is 4.74 Å². The Balaban J connectivity index is 0.00000280. The number of benzene rings is 1. The molecule has 1 aromatic carbocycles. The van der Waals surface area contributed by atoms with Crippen molar-refractivity contribution in [3.63, 3.8) is 0 Å². The van der Waals surface area contributed by atoms with Crippen LogP contribution in [0.1, 0.15) is 36.0 Å². The fraction of sp³-hybridized carbons (Fsp3) is 0.500. The maximum absolute atomic E-state index is 5.48. The summed E-state index contributed by atoms with van der Waals surface area (Å²) in [5.74, 6) is 1.25. The van der Waals surface area contributed by atoms with Crippen molar-refractivity contribution in [2.45, 2.75) is 32.9 Å². The molecule has 154 valence electrons. The largest absolute Gasteiger partial charge is 0.378 e. The van der Waals surface area contributed by atoms with Gasteiger partial charge >= 0.3 is 0 Å². The zero-order valence-electron chi connectivity index (χ0n) is 16.8. The molecule has 0 spiro atoms. The molecule has 1 aromatic heterocycles. The lowest BCUT2D eigenvalue weighted by Gasteiger charge is -2.30. The number of nitrogens with zero attached hydrogens (tertiary/aromatic N) is 3. The smallest absolute Gasteiger partial charge is 0.191 e. The van der Waals surface area contributed by atoms with Gasteiger partial charge in [0.1, 0.15) is 5.01 Å². The molecule has 1 aliphatic heterocycles. The number of rotatable bonds is 6. The van der Waals surface area contributed by atoms with Crippen molar-refractivity contribution in [3.05, 3.63) is 45.9 Å². The van der Waals surface area contributed by atoms with Crippen LogP contribution in [-0.4, -0.2) is 44.3 Å². The van der Waals surface area contributed by atoms with Gasteiger partial charge in [0.25, 0.3) is 0 Å². The topological polar surface area (TPSA) is 61.8 Å². The first-order valence-corrected chi connectivity index (χ1v) is 10.3. The van der Waals surface area contributed by atoms with Crippen LogP contribution in [0.25, 0.3) is 0 Å². The molecule has 0 saturated carbocycles. The Morgan fingerprint density at radius 2 is 1.93 bits per heavy atom. The molecule has 6 nitrogen and oxygen atoms in total. The SMILES string of the molecule is CN=C(NCc1nc(C(C)C)cs1)NCc1ccccc1N1CCOCC1.I. The number of aliphatic imine (C=N–C) groups is 1. The van der Waals surface area contributed by atoms with Crippen molar-refractivity contribution >= 4 is 47.0 Å². The lowest BCUT2D eigenvalue weighted by molar-refractivity contribution is 0.122. The van der Waals surface area contributed by atoms with E-state index in [-0.39, 0.29) is 24.0 Å². The number of aromatic nitrogens is 1. The quantitative estimate of drug-likeness (QED) is 0.350. The summed E-state index contributed by atoms with van der Waals surface area (Å²) in [6.45, 7) is 9.19. The first-order valence-electron chi connectivity index (χ1n) is 9.46. The first kappa shape index (κ1) is 22.9. The molecule has 3 rings (SSSR count). The van der Waals surface area contributed by atoms with Gasteiger partial charge < -0.3 is 20.3 Å². The molecule has 2 N–H and O–H groups in total. The number of ether oxygens (including phenoxy) is 1. The summed E-state index contributed by atoms with van der Waals surface area (Å²) in [4.78, 5) is 11.4. The van der Waals surface area contributed by atoms with Crippen molar-refractivity contribution in [2.24, 2.45) is 4.99 Å². The Bertz CT molecular complexity index is 759. The molecular formula is C20H30IN5OS. The first-order chi connectivity index (χ1) is 13.2. The molecule has 0 bridgehead atoms. The number of morpholine rings is 1. The highest BCUT2D eigenvalue weighted by Crippen LogP contribution is 2.21. The van der Waals surface area contributed by atoms with Gasteiger partial charge in [-0.15, -0.1) is 35.3 Å². The summed E-state index contributed by atoms with van der Waals surface area (Å²) in [6, 6.07) is 8.53. The third-order valence-electron chi connectivity index (χ3n) is 4.58. The van der Waals surface area contributed by atoms with Gasteiger partial charge in [0.15, 0.2) is 5.96 Å². The highest BCUT2D eigenvalue weighted by Gasteiger charge is 2.14. The van der Waals surface area contributed by atoms with E-state index >= 15 is 0 Å². The van der Waals surface area contributed by atoms with Crippen LogP contribution in [0.2, 0.25) is 0 Å². The van der Waals surface area contributed by atoms with Gasteiger partial charge in [-0.05, 0) is 17.5 Å². The van der Waals surface area contributed by atoms with Crippen LogP contribution >= 0.6 is 35.3 Å². The highest BCUT2D eigenvalue weighted by atomic mass is 127. The minimum absolute atomic E-state index is 0. The van der Waals surface area contributed by atoms with Crippen LogP contribution < -0.4 is 15.5 Å². The average molecular weight is 515 g/mol. The Morgan fingerprint density at radius 1 is 1.21 bits per heavy atom. The monoisotopic (exact) mass is 515 g/mol. The van der Waals surface area contributed by atoms with Crippen molar-refractivity contribution in [1.82, 2.24) is 15.6 Å². The van der Waals surface area contributed by atoms with Crippen molar-refractivity contribution in [3.8, 4) is 0 Å².